The Kier molecular flexibility index (Phi) is 6.14. The van der Waals surface area contributed by atoms with Gasteiger partial charge in [0.15, 0.2) is 6.10 Å². The van der Waals surface area contributed by atoms with Crippen LogP contribution < -0.4 is 10.1 Å². The number of amides is 2. The number of nitrogens with one attached hydrogen (secondary N) is 1. The molecule has 0 aromatic heterocycles. The molecule has 2 heterocycles. The molecule has 0 saturated carbocycles. The molecular weight excluding hydrogens is 330 g/mol. The number of hydrogen-bond donors (Lipinski definition) is 1. The summed E-state index contributed by atoms with van der Waals surface area (Å²) in [4.78, 5) is 28.8. The van der Waals surface area contributed by atoms with Crippen molar-refractivity contribution in [3.05, 3.63) is 29.8 Å². The molecule has 142 valence electrons. The van der Waals surface area contributed by atoms with Crippen LogP contribution in [-0.4, -0.2) is 66.5 Å². The monoisotopic (exact) mass is 359 g/mol. The van der Waals surface area contributed by atoms with Crippen molar-refractivity contribution in [3.8, 4) is 5.75 Å². The van der Waals surface area contributed by atoms with E-state index >= 15 is 0 Å². The van der Waals surface area contributed by atoms with Crippen LogP contribution in [0.1, 0.15) is 32.3 Å². The fourth-order valence-corrected chi connectivity index (χ4v) is 3.58. The van der Waals surface area contributed by atoms with Crippen LogP contribution in [0.4, 0.5) is 0 Å². The van der Waals surface area contributed by atoms with Gasteiger partial charge in [0.05, 0.1) is 6.04 Å². The minimum absolute atomic E-state index is 0.0179. The second kappa shape index (κ2) is 8.54. The quantitative estimate of drug-likeness (QED) is 0.864. The molecule has 6 nitrogen and oxygen atoms in total. The molecule has 1 N–H and O–H groups in total. The molecule has 0 radical (unpaired) electrons. The molecule has 2 aliphatic rings. The summed E-state index contributed by atoms with van der Waals surface area (Å²) in [5.74, 6) is 0.870. The molecule has 2 aliphatic heterocycles. The Bertz CT molecular complexity index is 618. The molecule has 3 rings (SSSR count). The summed E-state index contributed by atoms with van der Waals surface area (Å²) in [6.45, 7) is 7.15. The van der Waals surface area contributed by atoms with E-state index in [1.54, 1.807) is 11.8 Å². The minimum atomic E-state index is -0.527. The lowest BCUT2D eigenvalue weighted by molar-refractivity contribution is -0.144. The molecule has 1 aromatic carbocycles. The summed E-state index contributed by atoms with van der Waals surface area (Å²) in [6, 6.07) is 7.83. The Balaban J connectivity index is 1.48. The molecule has 0 bridgehead atoms. The first-order valence-corrected chi connectivity index (χ1v) is 9.65. The number of ether oxygens (including phenoxy) is 1. The van der Waals surface area contributed by atoms with E-state index in [1.165, 1.54) is 5.56 Å². The molecule has 2 amide bonds. The van der Waals surface area contributed by atoms with Gasteiger partial charge in [0.2, 0.25) is 5.91 Å². The van der Waals surface area contributed by atoms with Gasteiger partial charge < -0.3 is 19.9 Å². The third-order valence-electron chi connectivity index (χ3n) is 5.25. The third kappa shape index (κ3) is 4.36. The van der Waals surface area contributed by atoms with Gasteiger partial charge in [0.25, 0.3) is 5.91 Å². The Labute approximate surface area is 155 Å². The highest BCUT2D eigenvalue weighted by molar-refractivity contribution is 5.83. The number of carbonyl (C=O) groups excluding carboxylic acids is 2. The zero-order valence-electron chi connectivity index (χ0n) is 15.7. The Hall–Kier alpha value is -2.08. The Morgan fingerprint density at radius 3 is 2.38 bits per heavy atom. The first-order chi connectivity index (χ1) is 12.6. The molecule has 2 unspecified atom stereocenters. The standard InChI is InChI=1S/C20H29N3O3/c1-3-16-6-8-17(9-7-16)26-15(2)19(24)22-11-13-23(14-12-22)20(25)18-5-4-10-21-18/h6-9,15,18,21H,3-5,10-14H2,1-2H3. The SMILES string of the molecule is CCc1ccc(OC(C)C(=O)N2CCN(C(=O)C3CCCN3)CC2)cc1. The van der Waals surface area contributed by atoms with Gasteiger partial charge in [0, 0.05) is 26.2 Å². The zero-order valence-corrected chi connectivity index (χ0v) is 15.7. The number of hydrogen-bond acceptors (Lipinski definition) is 4. The average Bonchev–Trinajstić information content (AvgIpc) is 3.22. The first-order valence-electron chi connectivity index (χ1n) is 9.65. The van der Waals surface area contributed by atoms with Gasteiger partial charge in [-0.2, -0.15) is 0 Å². The highest BCUT2D eigenvalue weighted by Crippen LogP contribution is 2.16. The summed E-state index contributed by atoms with van der Waals surface area (Å²) >= 11 is 0. The van der Waals surface area contributed by atoms with E-state index < -0.39 is 6.10 Å². The summed E-state index contributed by atoms with van der Waals surface area (Å²) in [7, 11) is 0. The van der Waals surface area contributed by atoms with Gasteiger partial charge in [-0.1, -0.05) is 19.1 Å². The molecular formula is C20H29N3O3. The number of benzene rings is 1. The predicted molar refractivity (Wildman–Crippen MR) is 100 cm³/mol. The van der Waals surface area contributed by atoms with Gasteiger partial charge in [-0.05, 0) is 50.4 Å². The van der Waals surface area contributed by atoms with Crippen LogP contribution in [0, 0.1) is 0 Å². The van der Waals surface area contributed by atoms with Gasteiger partial charge in [-0.25, -0.2) is 0 Å². The maximum Gasteiger partial charge on any atom is 0.263 e. The van der Waals surface area contributed by atoms with Crippen LogP contribution in [0.2, 0.25) is 0 Å². The third-order valence-corrected chi connectivity index (χ3v) is 5.25. The normalized spacial score (nSPS) is 21.5. The van der Waals surface area contributed by atoms with Crippen molar-refractivity contribution < 1.29 is 14.3 Å². The van der Waals surface area contributed by atoms with E-state index in [-0.39, 0.29) is 17.9 Å². The molecule has 0 aliphatic carbocycles. The second-order valence-corrected chi connectivity index (χ2v) is 7.06. The molecule has 6 heteroatoms. The van der Waals surface area contributed by atoms with Crippen LogP contribution in [0.3, 0.4) is 0 Å². The minimum Gasteiger partial charge on any atom is -0.481 e. The summed E-state index contributed by atoms with van der Waals surface area (Å²) < 4.78 is 5.80. The highest BCUT2D eigenvalue weighted by atomic mass is 16.5. The maximum atomic E-state index is 12.6. The van der Waals surface area contributed by atoms with Crippen molar-refractivity contribution in [2.75, 3.05) is 32.7 Å². The number of rotatable bonds is 5. The fraction of sp³-hybridized carbons (Fsp3) is 0.600. The van der Waals surface area contributed by atoms with Crippen molar-refractivity contribution in [2.24, 2.45) is 0 Å². The summed E-state index contributed by atoms with van der Waals surface area (Å²) in [5.41, 5.74) is 1.24. The van der Waals surface area contributed by atoms with Crippen LogP contribution >= 0.6 is 0 Å². The number of carbonyl (C=O) groups is 2. The van der Waals surface area contributed by atoms with E-state index in [9.17, 15) is 9.59 Å². The lowest BCUT2D eigenvalue weighted by atomic mass is 10.1. The van der Waals surface area contributed by atoms with E-state index in [0.29, 0.717) is 31.9 Å². The van der Waals surface area contributed by atoms with E-state index in [2.05, 4.69) is 12.2 Å². The smallest absolute Gasteiger partial charge is 0.263 e. The van der Waals surface area contributed by atoms with Crippen molar-refractivity contribution >= 4 is 11.8 Å². The molecule has 1 aromatic rings. The molecule has 2 saturated heterocycles. The Morgan fingerprint density at radius 1 is 1.15 bits per heavy atom. The topological polar surface area (TPSA) is 61.9 Å². The predicted octanol–water partition coefficient (Wildman–Crippen LogP) is 1.44. The van der Waals surface area contributed by atoms with Crippen molar-refractivity contribution in [2.45, 2.75) is 45.3 Å². The van der Waals surface area contributed by atoms with Crippen LogP contribution in [0.5, 0.6) is 5.75 Å². The first kappa shape index (κ1) is 18.7. The van der Waals surface area contributed by atoms with E-state index in [1.807, 2.05) is 29.2 Å². The maximum absolute atomic E-state index is 12.6. The van der Waals surface area contributed by atoms with Crippen molar-refractivity contribution in [1.82, 2.24) is 15.1 Å². The lowest BCUT2D eigenvalue weighted by Gasteiger charge is -2.36. The van der Waals surface area contributed by atoms with E-state index in [4.69, 9.17) is 4.74 Å². The largest absolute Gasteiger partial charge is 0.481 e. The van der Waals surface area contributed by atoms with Gasteiger partial charge >= 0.3 is 0 Å². The van der Waals surface area contributed by atoms with Crippen LogP contribution in [0.25, 0.3) is 0 Å². The number of aryl methyl sites for hydroxylation is 1. The fourth-order valence-electron chi connectivity index (χ4n) is 3.58. The number of nitrogens with zero attached hydrogens (tertiary/aromatic N) is 2. The molecule has 2 fully saturated rings. The van der Waals surface area contributed by atoms with Crippen molar-refractivity contribution in [3.63, 3.8) is 0 Å². The van der Waals surface area contributed by atoms with E-state index in [0.717, 1.165) is 25.8 Å². The van der Waals surface area contributed by atoms with Gasteiger partial charge in [-0.3, -0.25) is 9.59 Å². The average molecular weight is 359 g/mol. The van der Waals surface area contributed by atoms with Crippen LogP contribution in [0.15, 0.2) is 24.3 Å². The lowest BCUT2D eigenvalue weighted by Crippen LogP contribution is -2.55. The Morgan fingerprint density at radius 2 is 1.81 bits per heavy atom. The zero-order chi connectivity index (χ0) is 18.5. The van der Waals surface area contributed by atoms with Gasteiger partial charge in [-0.15, -0.1) is 0 Å². The number of piperazine rings is 1. The molecule has 0 spiro atoms. The summed E-state index contributed by atoms with van der Waals surface area (Å²) in [6.07, 6.45) is 2.43. The summed E-state index contributed by atoms with van der Waals surface area (Å²) in [5, 5.41) is 3.25. The van der Waals surface area contributed by atoms with Crippen molar-refractivity contribution in [1.29, 1.82) is 0 Å². The van der Waals surface area contributed by atoms with Gasteiger partial charge in [0.1, 0.15) is 5.75 Å². The second-order valence-electron chi connectivity index (χ2n) is 7.06. The molecule has 26 heavy (non-hydrogen) atoms. The highest BCUT2D eigenvalue weighted by Gasteiger charge is 2.31. The molecule has 2 atom stereocenters. The van der Waals surface area contributed by atoms with Crippen LogP contribution in [-0.2, 0) is 16.0 Å².